The van der Waals surface area contributed by atoms with Crippen molar-refractivity contribution >= 4 is 33.3 Å². The monoisotopic (exact) mass is 371 g/mol. The van der Waals surface area contributed by atoms with E-state index in [0.717, 1.165) is 10.6 Å². The molecule has 2 rings (SSSR count). The lowest BCUT2D eigenvalue weighted by Crippen LogP contribution is -2.29. The highest BCUT2D eigenvalue weighted by molar-refractivity contribution is 7.92. The van der Waals surface area contributed by atoms with Crippen LogP contribution in [-0.2, 0) is 21.3 Å². The van der Waals surface area contributed by atoms with Crippen molar-refractivity contribution in [3.63, 3.8) is 0 Å². The number of methoxy groups -OCH3 is 1. The number of benzene rings is 2. The quantitative estimate of drug-likeness (QED) is 0.757. The van der Waals surface area contributed by atoms with Crippen molar-refractivity contribution < 1.29 is 22.3 Å². The number of carbonyl (C=O) groups excluding carboxylic acids is 1. The smallest absolute Gasteiger partial charge is 0.337 e. The third kappa shape index (κ3) is 4.04. The summed E-state index contributed by atoms with van der Waals surface area (Å²) in [6.45, 7) is -0.262. The third-order valence-electron chi connectivity index (χ3n) is 3.34. The first-order valence-corrected chi connectivity index (χ1v) is 9.05. The average Bonchev–Trinajstić information content (AvgIpc) is 2.53. The van der Waals surface area contributed by atoms with Crippen LogP contribution in [0.4, 0.5) is 10.1 Å². The molecule has 0 bridgehead atoms. The van der Waals surface area contributed by atoms with Crippen LogP contribution in [0.5, 0.6) is 0 Å². The Balaban J connectivity index is 2.42. The lowest BCUT2D eigenvalue weighted by Gasteiger charge is -2.23. The topological polar surface area (TPSA) is 63.7 Å². The van der Waals surface area contributed by atoms with Crippen molar-refractivity contribution in [2.24, 2.45) is 0 Å². The van der Waals surface area contributed by atoms with Gasteiger partial charge in [-0.1, -0.05) is 17.7 Å². The second kappa shape index (κ2) is 7.19. The number of carbonyl (C=O) groups is 1. The number of ether oxygens (including phenoxy) is 1. The Kier molecular flexibility index (Phi) is 5.46. The minimum absolute atomic E-state index is 0.0710. The van der Waals surface area contributed by atoms with Crippen LogP contribution in [-0.4, -0.2) is 27.8 Å². The normalized spacial score (nSPS) is 11.2. The van der Waals surface area contributed by atoms with E-state index in [4.69, 9.17) is 11.6 Å². The summed E-state index contributed by atoms with van der Waals surface area (Å²) in [6, 6.07) is 9.90. The molecule has 8 heteroatoms. The SMILES string of the molecule is COC(=O)c1ccc(N(Cc2c(F)cccc2Cl)S(C)(=O)=O)cc1. The summed E-state index contributed by atoms with van der Waals surface area (Å²) in [5, 5.41) is 0.134. The molecule has 5 nitrogen and oxygen atoms in total. The van der Waals surface area contributed by atoms with Crippen molar-refractivity contribution in [3.05, 3.63) is 64.4 Å². The van der Waals surface area contributed by atoms with Crippen LogP contribution >= 0.6 is 11.6 Å². The predicted octanol–water partition coefficient (Wildman–Crippen LogP) is 3.23. The van der Waals surface area contributed by atoms with Gasteiger partial charge in [0.2, 0.25) is 10.0 Å². The third-order valence-corrected chi connectivity index (χ3v) is 4.83. The van der Waals surface area contributed by atoms with E-state index in [2.05, 4.69) is 4.74 Å². The molecule has 0 saturated carbocycles. The Labute approximate surface area is 144 Å². The van der Waals surface area contributed by atoms with Gasteiger partial charge in [-0.25, -0.2) is 17.6 Å². The zero-order valence-corrected chi connectivity index (χ0v) is 14.6. The van der Waals surface area contributed by atoms with E-state index in [-0.39, 0.29) is 28.4 Å². The number of hydrogen-bond acceptors (Lipinski definition) is 4. The zero-order valence-electron chi connectivity index (χ0n) is 13.0. The van der Waals surface area contributed by atoms with E-state index >= 15 is 0 Å². The first-order valence-electron chi connectivity index (χ1n) is 6.83. The van der Waals surface area contributed by atoms with Crippen LogP contribution in [0.3, 0.4) is 0 Å². The minimum atomic E-state index is -3.70. The fraction of sp³-hybridized carbons (Fsp3) is 0.188. The predicted molar refractivity (Wildman–Crippen MR) is 90.2 cm³/mol. The fourth-order valence-corrected chi connectivity index (χ4v) is 3.20. The molecule has 2 aromatic carbocycles. The van der Waals surface area contributed by atoms with Crippen molar-refractivity contribution in [1.82, 2.24) is 0 Å². The molecule has 0 N–H and O–H groups in total. The molecule has 0 amide bonds. The molecule has 0 atom stereocenters. The van der Waals surface area contributed by atoms with Gasteiger partial charge in [0.25, 0.3) is 0 Å². The molecule has 0 aliphatic rings. The number of halogens is 2. The van der Waals surface area contributed by atoms with Gasteiger partial charge in [-0.2, -0.15) is 0 Å². The molecule has 0 aliphatic carbocycles. The molecule has 128 valence electrons. The Morgan fingerprint density at radius 3 is 2.33 bits per heavy atom. The maximum absolute atomic E-state index is 14.0. The van der Waals surface area contributed by atoms with Gasteiger partial charge in [0.15, 0.2) is 0 Å². The summed E-state index contributed by atoms with van der Waals surface area (Å²) >= 11 is 5.97. The highest BCUT2D eigenvalue weighted by atomic mass is 35.5. The first kappa shape index (κ1) is 18.2. The van der Waals surface area contributed by atoms with Crippen LogP contribution in [0.2, 0.25) is 5.02 Å². The highest BCUT2D eigenvalue weighted by Crippen LogP contribution is 2.26. The number of hydrogen-bond donors (Lipinski definition) is 0. The molecule has 0 aromatic heterocycles. The van der Waals surface area contributed by atoms with E-state index in [1.807, 2.05) is 0 Å². The summed E-state index contributed by atoms with van der Waals surface area (Å²) < 4.78 is 43.8. The summed E-state index contributed by atoms with van der Waals surface area (Å²) in [6.07, 6.45) is 1.01. The zero-order chi connectivity index (χ0) is 17.9. The summed E-state index contributed by atoms with van der Waals surface area (Å²) in [4.78, 5) is 11.5. The van der Waals surface area contributed by atoms with Crippen LogP contribution in [0.15, 0.2) is 42.5 Å². The Morgan fingerprint density at radius 2 is 1.83 bits per heavy atom. The molecule has 0 spiro atoms. The summed E-state index contributed by atoms with van der Waals surface area (Å²) in [5.41, 5.74) is 0.629. The molecule has 24 heavy (non-hydrogen) atoms. The number of nitrogens with zero attached hydrogens (tertiary/aromatic N) is 1. The van der Waals surface area contributed by atoms with E-state index in [1.165, 1.54) is 49.6 Å². The second-order valence-corrected chi connectivity index (χ2v) is 7.32. The molecule has 0 heterocycles. The number of sulfonamides is 1. The van der Waals surface area contributed by atoms with Crippen molar-refractivity contribution in [2.45, 2.75) is 6.54 Å². The van der Waals surface area contributed by atoms with Crippen molar-refractivity contribution in [3.8, 4) is 0 Å². The molecule has 0 fully saturated rings. The largest absolute Gasteiger partial charge is 0.465 e. The van der Waals surface area contributed by atoms with Gasteiger partial charge in [0.1, 0.15) is 5.82 Å². The maximum atomic E-state index is 14.0. The number of esters is 1. The standard InChI is InChI=1S/C16H15ClFNO4S/c1-23-16(20)11-6-8-12(9-7-11)19(24(2,21)22)10-13-14(17)4-3-5-15(13)18/h3-9H,10H2,1-2H3. The van der Waals surface area contributed by atoms with Crippen LogP contribution in [0.1, 0.15) is 15.9 Å². The molecule has 2 aromatic rings. The molecular weight excluding hydrogens is 357 g/mol. The average molecular weight is 372 g/mol. The molecule has 0 saturated heterocycles. The lowest BCUT2D eigenvalue weighted by atomic mass is 10.2. The van der Waals surface area contributed by atoms with E-state index in [0.29, 0.717) is 0 Å². The van der Waals surface area contributed by atoms with E-state index < -0.39 is 21.8 Å². The highest BCUT2D eigenvalue weighted by Gasteiger charge is 2.21. The van der Waals surface area contributed by atoms with Gasteiger partial charge in [0.05, 0.1) is 31.2 Å². The summed E-state index contributed by atoms with van der Waals surface area (Å²) in [5.74, 6) is -1.13. The summed E-state index contributed by atoms with van der Waals surface area (Å²) in [7, 11) is -2.45. The van der Waals surface area contributed by atoms with Crippen LogP contribution in [0, 0.1) is 5.82 Å². The van der Waals surface area contributed by atoms with Crippen molar-refractivity contribution in [1.29, 1.82) is 0 Å². The van der Waals surface area contributed by atoms with Gasteiger partial charge in [-0.15, -0.1) is 0 Å². The molecular formula is C16H15ClFNO4S. The van der Waals surface area contributed by atoms with Gasteiger partial charge in [-0.05, 0) is 36.4 Å². The Bertz CT molecular complexity index is 833. The van der Waals surface area contributed by atoms with Crippen molar-refractivity contribution in [2.75, 3.05) is 17.7 Å². The Hall–Kier alpha value is -2.12. The molecule has 0 unspecified atom stereocenters. The van der Waals surface area contributed by atoms with Crippen LogP contribution in [0.25, 0.3) is 0 Å². The van der Waals surface area contributed by atoms with Gasteiger partial charge >= 0.3 is 5.97 Å². The molecule has 0 radical (unpaired) electrons. The fourth-order valence-electron chi connectivity index (χ4n) is 2.11. The van der Waals surface area contributed by atoms with Gasteiger partial charge in [0, 0.05) is 10.6 Å². The Morgan fingerprint density at radius 1 is 1.21 bits per heavy atom. The lowest BCUT2D eigenvalue weighted by molar-refractivity contribution is 0.0600. The number of anilines is 1. The van der Waals surface area contributed by atoms with Gasteiger partial charge in [-0.3, -0.25) is 4.31 Å². The van der Waals surface area contributed by atoms with Crippen LogP contribution < -0.4 is 4.31 Å². The minimum Gasteiger partial charge on any atom is -0.465 e. The van der Waals surface area contributed by atoms with E-state index in [9.17, 15) is 17.6 Å². The second-order valence-electron chi connectivity index (χ2n) is 5.01. The first-order chi connectivity index (χ1) is 11.2. The van der Waals surface area contributed by atoms with Gasteiger partial charge < -0.3 is 4.74 Å². The van der Waals surface area contributed by atoms with E-state index in [1.54, 1.807) is 0 Å². The maximum Gasteiger partial charge on any atom is 0.337 e. The number of rotatable bonds is 5. The molecule has 0 aliphatic heterocycles.